The average Bonchev–Trinajstić information content (AvgIpc) is 3.20. The van der Waals surface area contributed by atoms with Crippen LogP contribution in [0.5, 0.6) is 0 Å². The fourth-order valence-electron chi connectivity index (χ4n) is 3.63. The molecule has 1 aromatic carbocycles. The van der Waals surface area contributed by atoms with Crippen molar-refractivity contribution >= 4 is 5.91 Å². The fraction of sp³-hybridized carbons (Fsp3) is 0.500. The number of amides is 1. The van der Waals surface area contributed by atoms with E-state index in [4.69, 9.17) is 0 Å². The van der Waals surface area contributed by atoms with Crippen molar-refractivity contribution in [2.24, 2.45) is 18.4 Å². The Kier molecular flexibility index (Phi) is 4.95. The predicted octanol–water partition coefficient (Wildman–Crippen LogP) is 2.63. The highest BCUT2D eigenvalue weighted by atomic mass is 16.2. The van der Waals surface area contributed by atoms with E-state index in [2.05, 4.69) is 48.6 Å². The van der Waals surface area contributed by atoms with E-state index in [1.165, 1.54) is 0 Å². The van der Waals surface area contributed by atoms with Gasteiger partial charge < -0.3 is 10.6 Å². The minimum Gasteiger partial charge on any atom is -0.348 e. The second-order valence-electron chi connectivity index (χ2n) is 8.04. The van der Waals surface area contributed by atoms with Gasteiger partial charge in [0.2, 0.25) is 5.91 Å². The summed E-state index contributed by atoms with van der Waals surface area (Å²) in [7, 11) is 1.91. The Hall–Kier alpha value is -2.14. The summed E-state index contributed by atoms with van der Waals surface area (Å²) in [6.07, 6.45) is 3.88. The molecule has 1 amide bonds. The van der Waals surface area contributed by atoms with Crippen LogP contribution in [0.1, 0.15) is 43.9 Å². The van der Waals surface area contributed by atoms with Crippen molar-refractivity contribution in [3.63, 3.8) is 0 Å². The molecule has 1 aliphatic heterocycles. The summed E-state index contributed by atoms with van der Waals surface area (Å²) in [6.45, 7) is 8.01. The Bertz CT molecular complexity index is 717. The van der Waals surface area contributed by atoms with E-state index in [-0.39, 0.29) is 29.2 Å². The summed E-state index contributed by atoms with van der Waals surface area (Å²) in [5, 5.41) is 10.9. The van der Waals surface area contributed by atoms with Gasteiger partial charge in [0.25, 0.3) is 0 Å². The molecule has 1 aliphatic rings. The highest BCUT2D eigenvalue weighted by molar-refractivity contribution is 5.81. The topological polar surface area (TPSA) is 59.0 Å². The monoisotopic (exact) mass is 340 g/mol. The number of aromatic nitrogens is 2. The third kappa shape index (κ3) is 3.93. The minimum absolute atomic E-state index is 0.0173. The van der Waals surface area contributed by atoms with E-state index >= 15 is 0 Å². The van der Waals surface area contributed by atoms with Gasteiger partial charge in [-0.15, -0.1) is 0 Å². The maximum atomic E-state index is 13.1. The highest BCUT2D eigenvalue weighted by Gasteiger charge is 2.37. The quantitative estimate of drug-likeness (QED) is 0.899. The van der Waals surface area contributed by atoms with Crippen LogP contribution in [0.2, 0.25) is 0 Å². The summed E-state index contributed by atoms with van der Waals surface area (Å²) >= 11 is 0. The number of nitrogens with zero attached hydrogens (tertiary/aromatic N) is 2. The van der Waals surface area contributed by atoms with Crippen molar-refractivity contribution in [1.29, 1.82) is 0 Å². The second-order valence-corrected chi connectivity index (χ2v) is 8.04. The van der Waals surface area contributed by atoms with Gasteiger partial charge in [0.15, 0.2) is 0 Å². The van der Waals surface area contributed by atoms with Gasteiger partial charge in [-0.05, 0) is 16.5 Å². The first kappa shape index (κ1) is 17.7. The molecular weight excluding hydrogens is 312 g/mol. The average molecular weight is 340 g/mol. The standard InChI is InChI=1S/C20H28N4O/c1-20(2,3)18(14-8-6-5-7-9-14)23-19(25)17-12-21-11-16(17)15-10-22-24(4)13-15/h5-10,13,16-18,21H,11-12H2,1-4H3,(H,23,25)/t16-,17+,18?/m1/s1. The molecule has 0 radical (unpaired) electrons. The Labute approximate surface area is 149 Å². The normalized spacial score (nSPS) is 21.9. The molecule has 134 valence electrons. The summed E-state index contributed by atoms with van der Waals surface area (Å²) < 4.78 is 1.80. The largest absolute Gasteiger partial charge is 0.348 e. The van der Waals surface area contributed by atoms with Crippen LogP contribution in [0, 0.1) is 11.3 Å². The summed E-state index contributed by atoms with van der Waals surface area (Å²) in [4.78, 5) is 13.1. The number of rotatable bonds is 4. The predicted molar refractivity (Wildman–Crippen MR) is 99.1 cm³/mol. The van der Waals surface area contributed by atoms with Gasteiger partial charge in [-0.1, -0.05) is 51.1 Å². The van der Waals surface area contributed by atoms with Crippen LogP contribution >= 0.6 is 0 Å². The molecule has 1 aromatic heterocycles. The Balaban J connectivity index is 1.79. The van der Waals surface area contributed by atoms with Crippen LogP contribution in [0.25, 0.3) is 0 Å². The molecule has 2 N–H and O–H groups in total. The van der Waals surface area contributed by atoms with Crippen LogP contribution in [-0.2, 0) is 11.8 Å². The highest BCUT2D eigenvalue weighted by Crippen LogP contribution is 2.34. The molecule has 0 aliphatic carbocycles. The smallest absolute Gasteiger partial charge is 0.225 e. The second kappa shape index (κ2) is 7.00. The van der Waals surface area contributed by atoms with Gasteiger partial charge in [-0.3, -0.25) is 9.48 Å². The first-order valence-electron chi connectivity index (χ1n) is 8.91. The number of carbonyl (C=O) groups excluding carboxylic acids is 1. The molecule has 3 rings (SSSR count). The van der Waals surface area contributed by atoms with Crippen molar-refractivity contribution in [3.8, 4) is 0 Å². The SMILES string of the molecule is Cn1cc([C@H]2CNC[C@@H]2C(=O)NC(c2ccccc2)C(C)(C)C)cn1. The number of hydrogen-bond donors (Lipinski definition) is 2. The van der Waals surface area contributed by atoms with Crippen LogP contribution in [0.4, 0.5) is 0 Å². The lowest BCUT2D eigenvalue weighted by molar-refractivity contribution is -0.126. The molecule has 3 atom stereocenters. The molecule has 1 fully saturated rings. The molecule has 1 unspecified atom stereocenters. The van der Waals surface area contributed by atoms with E-state index in [1.54, 1.807) is 4.68 Å². The minimum atomic E-state index is -0.0715. The van der Waals surface area contributed by atoms with E-state index in [0.29, 0.717) is 6.54 Å². The van der Waals surface area contributed by atoms with Crippen molar-refractivity contribution in [2.45, 2.75) is 32.7 Å². The van der Waals surface area contributed by atoms with Gasteiger partial charge >= 0.3 is 0 Å². The lowest BCUT2D eigenvalue weighted by Crippen LogP contribution is -2.41. The Morgan fingerprint density at radius 2 is 2.00 bits per heavy atom. The lowest BCUT2D eigenvalue weighted by Gasteiger charge is -2.33. The third-order valence-electron chi connectivity index (χ3n) is 4.99. The first-order valence-corrected chi connectivity index (χ1v) is 8.91. The van der Waals surface area contributed by atoms with Crippen LogP contribution < -0.4 is 10.6 Å². The van der Waals surface area contributed by atoms with E-state index in [1.807, 2.05) is 37.6 Å². The number of nitrogens with one attached hydrogen (secondary N) is 2. The molecule has 2 heterocycles. The molecule has 0 saturated carbocycles. The zero-order valence-corrected chi connectivity index (χ0v) is 15.5. The van der Waals surface area contributed by atoms with Crippen LogP contribution in [0.15, 0.2) is 42.7 Å². The molecule has 25 heavy (non-hydrogen) atoms. The third-order valence-corrected chi connectivity index (χ3v) is 4.99. The maximum absolute atomic E-state index is 13.1. The lowest BCUT2D eigenvalue weighted by atomic mass is 9.81. The van der Waals surface area contributed by atoms with Gasteiger partial charge in [0, 0.05) is 32.3 Å². The Morgan fingerprint density at radius 3 is 2.60 bits per heavy atom. The number of hydrogen-bond acceptors (Lipinski definition) is 3. The fourth-order valence-corrected chi connectivity index (χ4v) is 3.63. The van der Waals surface area contributed by atoms with Crippen molar-refractivity contribution in [1.82, 2.24) is 20.4 Å². The zero-order chi connectivity index (χ0) is 18.0. The number of benzene rings is 1. The molecule has 1 saturated heterocycles. The van der Waals surface area contributed by atoms with E-state index in [9.17, 15) is 4.79 Å². The molecule has 2 aromatic rings. The first-order chi connectivity index (χ1) is 11.9. The van der Waals surface area contributed by atoms with Gasteiger partial charge in [0.1, 0.15) is 0 Å². The number of carbonyl (C=O) groups is 1. The van der Waals surface area contributed by atoms with Crippen molar-refractivity contribution in [2.75, 3.05) is 13.1 Å². The zero-order valence-electron chi connectivity index (χ0n) is 15.5. The summed E-state index contributed by atoms with van der Waals surface area (Å²) in [5.74, 6) is 0.213. The van der Waals surface area contributed by atoms with E-state index < -0.39 is 0 Å². The van der Waals surface area contributed by atoms with Gasteiger partial charge in [-0.25, -0.2) is 0 Å². The molecule has 5 nitrogen and oxygen atoms in total. The maximum Gasteiger partial charge on any atom is 0.225 e. The van der Waals surface area contributed by atoms with Crippen molar-refractivity contribution < 1.29 is 4.79 Å². The van der Waals surface area contributed by atoms with Crippen LogP contribution in [0.3, 0.4) is 0 Å². The van der Waals surface area contributed by atoms with Crippen molar-refractivity contribution in [3.05, 3.63) is 53.9 Å². The molecule has 0 spiro atoms. The summed E-state index contributed by atoms with van der Waals surface area (Å²) in [6, 6.07) is 10.2. The molecule has 5 heteroatoms. The van der Waals surface area contributed by atoms with Gasteiger partial charge in [0.05, 0.1) is 18.2 Å². The van der Waals surface area contributed by atoms with Gasteiger partial charge in [-0.2, -0.15) is 5.10 Å². The number of aryl methyl sites for hydroxylation is 1. The van der Waals surface area contributed by atoms with E-state index in [0.717, 1.165) is 17.7 Å². The Morgan fingerprint density at radius 1 is 1.28 bits per heavy atom. The molecular formula is C20H28N4O. The summed E-state index contributed by atoms with van der Waals surface area (Å²) in [5.41, 5.74) is 2.21. The van der Waals surface area contributed by atoms with Crippen LogP contribution in [-0.4, -0.2) is 28.8 Å². The molecule has 0 bridgehead atoms.